The van der Waals surface area contributed by atoms with Crippen molar-refractivity contribution in [2.75, 3.05) is 20.2 Å². The van der Waals surface area contributed by atoms with E-state index < -0.39 is 11.4 Å². The van der Waals surface area contributed by atoms with Crippen molar-refractivity contribution in [3.8, 4) is 0 Å². The van der Waals surface area contributed by atoms with Crippen molar-refractivity contribution in [1.29, 1.82) is 0 Å². The van der Waals surface area contributed by atoms with E-state index >= 15 is 0 Å². The summed E-state index contributed by atoms with van der Waals surface area (Å²) in [6, 6.07) is 0. The first-order valence-corrected chi connectivity index (χ1v) is 10.0. The van der Waals surface area contributed by atoms with Crippen molar-refractivity contribution >= 4 is 11.9 Å². The summed E-state index contributed by atoms with van der Waals surface area (Å²) in [4.78, 5) is 23.6. The summed E-state index contributed by atoms with van der Waals surface area (Å²) in [5.74, 6) is -0.528. The Balaban J connectivity index is 2.94. The van der Waals surface area contributed by atoms with E-state index in [1.54, 1.807) is 0 Å². The Morgan fingerprint density at radius 2 is 1.62 bits per heavy atom. The molecule has 5 heteroatoms. The van der Waals surface area contributed by atoms with Gasteiger partial charge in [-0.25, -0.2) is 0 Å². The predicted octanol–water partition coefficient (Wildman–Crippen LogP) is 4.25. The lowest BCUT2D eigenvalue weighted by Gasteiger charge is -2.56. The maximum atomic E-state index is 13.0. The number of nitrogens with one attached hydrogen (secondary N) is 1. The molecule has 1 heterocycles. The van der Waals surface area contributed by atoms with Crippen LogP contribution < -0.4 is 5.32 Å². The van der Waals surface area contributed by atoms with Crippen LogP contribution in [0.5, 0.6) is 0 Å². The molecule has 1 atom stereocenters. The van der Waals surface area contributed by atoms with Crippen molar-refractivity contribution in [2.45, 2.75) is 79.6 Å². The van der Waals surface area contributed by atoms with Crippen molar-refractivity contribution in [2.24, 2.45) is 22.2 Å². The van der Waals surface area contributed by atoms with E-state index in [0.717, 1.165) is 45.2 Å². The van der Waals surface area contributed by atoms with Crippen LogP contribution >= 0.6 is 0 Å². The quantitative estimate of drug-likeness (QED) is 0.445. The number of carbonyl (C=O) groups excluding carboxylic acids is 1. The molecule has 1 unspecified atom stereocenters. The Labute approximate surface area is 159 Å². The minimum absolute atomic E-state index is 0.0654. The van der Waals surface area contributed by atoms with Gasteiger partial charge in [0.15, 0.2) is 0 Å². The smallest absolute Gasteiger partial charge is 0.312 e. The highest BCUT2D eigenvalue weighted by atomic mass is 16.5. The second-order valence-electron chi connectivity index (χ2n) is 9.18. The predicted molar refractivity (Wildman–Crippen MR) is 104 cm³/mol. The van der Waals surface area contributed by atoms with E-state index in [9.17, 15) is 9.59 Å². The number of carboxylic acid groups (broad SMARTS) is 1. The minimum Gasteiger partial charge on any atom is -0.481 e. The topological polar surface area (TPSA) is 75.6 Å². The maximum Gasteiger partial charge on any atom is 0.312 e. The van der Waals surface area contributed by atoms with Crippen LogP contribution in [0.25, 0.3) is 0 Å². The van der Waals surface area contributed by atoms with E-state index in [4.69, 9.17) is 9.84 Å². The second-order valence-corrected chi connectivity index (χ2v) is 9.18. The lowest BCUT2D eigenvalue weighted by molar-refractivity contribution is -0.176. The molecular formula is C21H39NO4. The summed E-state index contributed by atoms with van der Waals surface area (Å²) in [6.45, 7) is 12.9. The number of carboxylic acids is 1. The third-order valence-electron chi connectivity index (χ3n) is 7.45. The minimum atomic E-state index is -0.728. The summed E-state index contributed by atoms with van der Waals surface area (Å²) in [7, 11) is 1.50. The zero-order valence-corrected chi connectivity index (χ0v) is 17.6. The molecule has 2 N–H and O–H groups in total. The molecule has 0 radical (unpaired) electrons. The van der Waals surface area contributed by atoms with Gasteiger partial charge in [0.05, 0.1) is 12.5 Å². The average molecular weight is 370 g/mol. The van der Waals surface area contributed by atoms with Crippen molar-refractivity contribution < 1.29 is 19.4 Å². The highest BCUT2D eigenvalue weighted by Gasteiger charge is 2.58. The summed E-state index contributed by atoms with van der Waals surface area (Å²) >= 11 is 0. The number of hydrogen-bond acceptors (Lipinski definition) is 4. The van der Waals surface area contributed by atoms with Crippen LogP contribution in [-0.2, 0) is 14.3 Å². The van der Waals surface area contributed by atoms with Crippen molar-refractivity contribution in [3.05, 3.63) is 0 Å². The Kier molecular flexibility index (Phi) is 8.12. The van der Waals surface area contributed by atoms with E-state index in [2.05, 4.69) is 39.9 Å². The average Bonchev–Trinajstić information content (AvgIpc) is 2.60. The van der Waals surface area contributed by atoms with Crippen LogP contribution in [0.3, 0.4) is 0 Å². The van der Waals surface area contributed by atoms with Gasteiger partial charge < -0.3 is 15.2 Å². The molecule has 1 fully saturated rings. The first-order chi connectivity index (χ1) is 12.0. The zero-order chi connectivity index (χ0) is 20.0. The molecule has 0 amide bonds. The largest absolute Gasteiger partial charge is 0.481 e. The third kappa shape index (κ3) is 4.79. The molecule has 1 rings (SSSR count). The number of carbonyl (C=O) groups is 2. The maximum absolute atomic E-state index is 13.0. The highest BCUT2D eigenvalue weighted by Crippen LogP contribution is 2.58. The van der Waals surface area contributed by atoms with Crippen LogP contribution in [-0.4, -0.2) is 37.2 Å². The van der Waals surface area contributed by atoms with E-state index in [1.807, 2.05) is 0 Å². The summed E-state index contributed by atoms with van der Waals surface area (Å²) < 4.78 is 5.29. The van der Waals surface area contributed by atoms with Gasteiger partial charge >= 0.3 is 11.9 Å². The van der Waals surface area contributed by atoms with Gasteiger partial charge in [-0.05, 0) is 62.4 Å². The summed E-state index contributed by atoms with van der Waals surface area (Å²) in [5.41, 5.74) is -0.861. The Morgan fingerprint density at radius 1 is 1.04 bits per heavy atom. The van der Waals surface area contributed by atoms with Crippen LogP contribution in [0.1, 0.15) is 79.6 Å². The monoisotopic (exact) mass is 369 g/mol. The SMILES string of the molecule is COC(=O)C(C)(C1CCNCC1)C(C)(C)C(C)(C)CCCCCC(=O)O. The van der Waals surface area contributed by atoms with Gasteiger partial charge in [-0.2, -0.15) is 0 Å². The highest BCUT2D eigenvalue weighted by molar-refractivity contribution is 5.78. The van der Waals surface area contributed by atoms with Crippen LogP contribution in [0.4, 0.5) is 0 Å². The fraction of sp³-hybridized carbons (Fsp3) is 0.905. The first kappa shape index (κ1) is 22.9. The molecule has 0 aliphatic carbocycles. The molecule has 1 aliphatic heterocycles. The molecule has 1 saturated heterocycles. The summed E-state index contributed by atoms with van der Waals surface area (Å²) in [5, 5.41) is 12.2. The lowest BCUT2D eigenvalue weighted by Crippen LogP contribution is -2.56. The van der Waals surface area contributed by atoms with Gasteiger partial charge in [0.1, 0.15) is 0 Å². The van der Waals surface area contributed by atoms with Crippen LogP contribution in [0.15, 0.2) is 0 Å². The number of methoxy groups -OCH3 is 1. The fourth-order valence-electron chi connectivity index (χ4n) is 4.58. The molecule has 0 spiro atoms. The number of ether oxygens (including phenoxy) is 1. The van der Waals surface area contributed by atoms with Gasteiger partial charge in [0.25, 0.3) is 0 Å². The molecule has 5 nitrogen and oxygen atoms in total. The molecule has 0 bridgehead atoms. The van der Waals surface area contributed by atoms with Gasteiger partial charge in [-0.3, -0.25) is 9.59 Å². The number of rotatable bonds is 10. The summed E-state index contributed by atoms with van der Waals surface area (Å²) in [6.07, 6.45) is 5.79. The molecule has 0 aromatic carbocycles. The zero-order valence-electron chi connectivity index (χ0n) is 17.6. The molecular weight excluding hydrogens is 330 g/mol. The normalized spacial score (nSPS) is 19.0. The molecule has 152 valence electrons. The van der Waals surface area contributed by atoms with Crippen LogP contribution in [0.2, 0.25) is 0 Å². The van der Waals surface area contributed by atoms with Crippen molar-refractivity contribution in [1.82, 2.24) is 5.32 Å². The second kappa shape index (κ2) is 9.20. The van der Waals surface area contributed by atoms with Crippen molar-refractivity contribution in [3.63, 3.8) is 0 Å². The number of piperidine rings is 1. The van der Waals surface area contributed by atoms with Crippen LogP contribution in [0, 0.1) is 22.2 Å². The first-order valence-electron chi connectivity index (χ1n) is 10.0. The Morgan fingerprint density at radius 3 is 2.12 bits per heavy atom. The number of aliphatic carboxylic acids is 1. The molecule has 26 heavy (non-hydrogen) atoms. The lowest BCUT2D eigenvalue weighted by atomic mass is 9.48. The third-order valence-corrected chi connectivity index (χ3v) is 7.45. The van der Waals surface area contributed by atoms with Gasteiger partial charge in [0, 0.05) is 6.42 Å². The molecule has 0 aromatic heterocycles. The molecule has 1 aliphatic rings. The number of unbranched alkanes of at least 4 members (excludes halogenated alkanes) is 2. The van der Waals surface area contributed by atoms with E-state index in [1.165, 1.54) is 7.11 Å². The van der Waals surface area contributed by atoms with E-state index in [0.29, 0.717) is 12.3 Å². The standard InChI is InChI=1S/C21H39NO4/c1-19(2,13-9-7-8-10-17(23)24)20(3,4)21(5,18(25)26-6)16-11-14-22-15-12-16/h16,22H,7-15H2,1-6H3,(H,23,24). The molecule has 0 aromatic rings. The number of esters is 1. The Bertz CT molecular complexity index is 480. The van der Waals surface area contributed by atoms with Gasteiger partial charge in [-0.1, -0.05) is 40.5 Å². The number of hydrogen-bond donors (Lipinski definition) is 2. The van der Waals surface area contributed by atoms with Gasteiger partial charge in [-0.15, -0.1) is 0 Å². The van der Waals surface area contributed by atoms with E-state index in [-0.39, 0.29) is 23.2 Å². The van der Waals surface area contributed by atoms with Gasteiger partial charge in [0.2, 0.25) is 0 Å². The molecule has 0 saturated carbocycles. The Hall–Kier alpha value is -1.10. The fourth-order valence-corrected chi connectivity index (χ4v) is 4.58.